The molecule has 2 aromatic heterocycles. The van der Waals surface area contributed by atoms with E-state index in [-0.39, 0.29) is 11.8 Å². The van der Waals surface area contributed by atoms with Gasteiger partial charge in [-0.1, -0.05) is 0 Å². The lowest BCUT2D eigenvalue weighted by Crippen LogP contribution is -2.38. The second kappa shape index (κ2) is 7.17. The molecule has 122 valence electrons. The van der Waals surface area contributed by atoms with Crippen LogP contribution in [0.5, 0.6) is 0 Å². The lowest BCUT2D eigenvalue weighted by atomic mass is 10.2. The molecule has 0 bridgehead atoms. The fourth-order valence-electron chi connectivity index (χ4n) is 2.78. The Hall–Kier alpha value is -2.50. The summed E-state index contributed by atoms with van der Waals surface area (Å²) in [5.41, 5.74) is 1.76. The van der Waals surface area contributed by atoms with Crippen LogP contribution in [0.4, 0.5) is 0 Å². The van der Waals surface area contributed by atoms with E-state index in [2.05, 4.69) is 0 Å². The van der Waals surface area contributed by atoms with Crippen molar-refractivity contribution in [2.45, 2.75) is 19.3 Å². The third-order valence-corrected chi connectivity index (χ3v) is 4.07. The van der Waals surface area contributed by atoms with Gasteiger partial charge < -0.3 is 18.6 Å². The zero-order chi connectivity index (χ0) is 16.1. The molecule has 1 fully saturated rings. The highest BCUT2D eigenvalue weighted by Crippen LogP contribution is 2.10. The molecule has 0 radical (unpaired) electrons. The first-order chi connectivity index (χ1) is 11.2. The van der Waals surface area contributed by atoms with Crippen molar-refractivity contribution in [2.75, 3.05) is 26.2 Å². The minimum absolute atomic E-state index is 0.0792. The Morgan fingerprint density at radius 1 is 0.826 bits per heavy atom. The zero-order valence-corrected chi connectivity index (χ0v) is 12.9. The third kappa shape index (κ3) is 4.03. The van der Waals surface area contributed by atoms with Crippen molar-refractivity contribution in [1.82, 2.24) is 9.80 Å². The standard InChI is InChI=1S/C17H20N2O4/c20-16(10-14-2-8-22-12-14)18-4-1-5-19(7-6-18)17(21)11-15-3-9-23-13-15/h2-3,8-9,12-13H,1,4-7,10-11H2. The maximum atomic E-state index is 12.3. The first kappa shape index (κ1) is 15.4. The number of carbonyl (C=O) groups excluding carboxylic acids is 2. The summed E-state index contributed by atoms with van der Waals surface area (Å²) in [4.78, 5) is 28.3. The predicted octanol–water partition coefficient (Wildman–Crippen LogP) is 1.72. The molecule has 0 saturated carbocycles. The molecule has 23 heavy (non-hydrogen) atoms. The summed E-state index contributed by atoms with van der Waals surface area (Å²) in [7, 11) is 0. The van der Waals surface area contributed by atoms with E-state index in [1.807, 2.05) is 9.80 Å². The van der Waals surface area contributed by atoms with Crippen LogP contribution in [0.3, 0.4) is 0 Å². The van der Waals surface area contributed by atoms with E-state index >= 15 is 0 Å². The average molecular weight is 316 g/mol. The molecule has 1 saturated heterocycles. The summed E-state index contributed by atoms with van der Waals surface area (Å²) in [6.45, 7) is 2.53. The van der Waals surface area contributed by atoms with E-state index in [9.17, 15) is 9.59 Å². The Labute approximate surface area is 134 Å². The number of rotatable bonds is 4. The lowest BCUT2D eigenvalue weighted by Gasteiger charge is -2.22. The number of furan rings is 2. The topological polar surface area (TPSA) is 66.9 Å². The molecule has 2 amide bonds. The largest absolute Gasteiger partial charge is 0.472 e. The lowest BCUT2D eigenvalue weighted by molar-refractivity contribution is -0.132. The van der Waals surface area contributed by atoms with E-state index in [1.54, 1.807) is 37.2 Å². The summed E-state index contributed by atoms with van der Waals surface area (Å²) >= 11 is 0. The number of carbonyl (C=O) groups is 2. The predicted molar refractivity (Wildman–Crippen MR) is 82.6 cm³/mol. The van der Waals surface area contributed by atoms with E-state index in [0.29, 0.717) is 39.0 Å². The fraction of sp³-hybridized carbons (Fsp3) is 0.412. The fourth-order valence-corrected chi connectivity index (χ4v) is 2.78. The molecule has 0 atom stereocenters. The van der Waals surface area contributed by atoms with Crippen LogP contribution in [-0.4, -0.2) is 47.8 Å². The van der Waals surface area contributed by atoms with Crippen LogP contribution in [0.1, 0.15) is 17.5 Å². The number of hydrogen-bond acceptors (Lipinski definition) is 4. The highest BCUT2D eigenvalue weighted by molar-refractivity contribution is 5.80. The van der Waals surface area contributed by atoms with Crippen molar-refractivity contribution in [3.63, 3.8) is 0 Å². The van der Waals surface area contributed by atoms with Gasteiger partial charge in [0.1, 0.15) is 0 Å². The molecule has 1 aliphatic heterocycles. The molecule has 3 rings (SSSR count). The molecule has 0 aromatic carbocycles. The quantitative estimate of drug-likeness (QED) is 0.861. The van der Waals surface area contributed by atoms with Gasteiger partial charge in [-0.15, -0.1) is 0 Å². The third-order valence-electron chi connectivity index (χ3n) is 4.07. The molecule has 1 aliphatic rings. The van der Waals surface area contributed by atoms with Crippen molar-refractivity contribution in [3.8, 4) is 0 Å². The normalized spacial score (nSPS) is 15.5. The Bertz CT molecular complexity index is 577. The maximum absolute atomic E-state index is 12.3. The number of amides is 2. The van der Waals surface area contributed by atoms with Crippen LogP contribution in [-0.2, 0) is 22.4 Å². The molecule has 3 heterocycles. The molecule has 6 heteroatoms. The van der Waals surface area contributed by atoms with Gasteiger partial charge in [0.15, 0.2) is 0 Å². The van der Waals surface area contributed by atoms with Gasteiger partial charge in [0.25, 0.3) is 0 Å². The molecule has 6 nitrogen and oxygen atoms in total. The van der Waals surface area contributed by atoms with Gasteiger partial charge in [0, 0.05) is 26.2 Å². The minimum Gasteiger partial charge on any atom is -0.472 e. The highest BCUT2D eigenvalue weighted by Gasteiger charge is 2.22. The van der Waals surface area contributed by atoms with Crippen molar-refractivity contribution in [1.29, 1.82) is 0 Å². The van der Waals surface area contributed by atoms with Gasteiger partial charge in [-0.25, -0.2) is 0 Å². The SMILES string of the molecule is O=C(Cc1ccoc1)N1CCCN(C(=O)Cc2ccoc2)CC1. The Morgan fingerprint density at radius 3 is 1.70 bits per heavy atom. The molecule has 0 spiro atoms. The molecular weight excluding hydrogens is 296 g/mol. The van der Waals surface area contributed by atoms with Crippen molar-refractivity contribution >= 4 is 11.8 Å². The monoisotopic (exact) mass is 316 g/mol. The second-order valence-electron chi connectivity index (χ2n) is 5.73. The summed E-state index contributed by atoms with van der Waals surface area (Å²) in [5, 5.41) is 0. The minimum atomic E-state index is 0.0792. The van der Waals surface area contributed by atoms with Crippen LogP contribution < -0.4 is 0 Å². The highest BCUT2D eigenvalue weighted by atomic mass is 16.3. The number of nitrogens with zero attached hydrogens (tertiary/aromatic N) is 2. The zero-order valence-electron chi connectivity index (χ0n) is 12.9. The van der Waals surface area contributed by atoms with Gasteiger partial charge in [0.2, 0.25) is 11.8 Å². The van der Waals surface area contributed by atoms with Crippen molar-refractivity contribution < 1.29 is 18.4 Å². The van der Waals surface area contributed by atoms with E-state index in [4.69, 9.17) is 8.83 Å². The molecule has 0 unspecified atom stereocenters. The summed E-state index contributed by atoms with van der Waals surface area (Å²) < 4.78 is 9.99. The van der Waals surface area contributed by atoms with E-state index in [0.717, 1.165) is 17.5 Å². The Balaban J connectivity index is 1.52. The average Bonchev–Trinajstić information content (AvgIpc) is 3.17. The first-order valence-electron chi connectivity index (χ1n) is 7.80. The van der Waals surface area contributed by atoms with Gasteiger partial charge in [-0.05, 0) is 29.7 Å². The summed E-state index contributed by atoms with van der Waals surface area (Å²) in [6.07, 6.45) is 7.82. The summed E-state index contributed by atoms with van der Waals surface area (Å²) in [5.74, 6) is 0.158. The van der Waals surface area contributed by atoms with Crippen LogP contribution in [0, 0.1) is 0 Å². The second-order valence-corrected chi connectivity index (χ2v) is 5.73. The first-order valence-corrected chi connectivity index (χ1v) is 7.80. The van der Waals surface area contributed by atoms with Gasteiger partial charge in [0.05, 0.1) is 37.9 Å². The van der Waals surface area contributed by atoms with Crippen LogP contribution in [0.25, 0.3) is 0 Å². The number of hydrogen-bond donors (Lipinski definition) is 0. The Kier molecular flexibility index (Phi) is 4.80. The van der Waals surface area contributed by atoms with E-state index in [1.165, 1.54) is 0 Å². The van der Waals surface area contributed by atoms with Crippen molar-refractivity contribution in [2.24, 2.45) is 0 Å². The van der Waals surface area contributed by atoms with Gasteiger partial charge >= 0.3 is 0 Å². The molecule has 0 N–H and O–H groups in total. The molecule has 2 aromatic rings. The van der Waals surface area contributed by atoms with Crippen LogP contribution in [0.2, 0.25) is 0 Å². The van der Waals surface area contributed by atoms with Crippen LogP contribution >= 0.6 is 0 Å². The smallest absolute Gasteiger partial charge is 0.227 e. The summed E-state index contributed by atoms with van der Waals surface area (Å²) in [6, 6.07) is 3.60. The van der Waals surface area contributed by atoms with Gasteiger partial charge in [-0.2, -0.15) is 0 Å². The van der Waals surface area contributed by atoms with Gasteiger partial charge in [-0.3, -0.25) is 9.59 Å². The van der Waals surface area contributed by atoms with Crippen LogP contribution in [0.15, 0.2) is 46.0 Å². The Morgan fingerprint density at radius 2 is 1.30 bits per heavy atom. The van der Waals surface area contributed by atoms with E-state index < -0.39 is 0 Å². The maximum Gasteiger partial charge on any atom is 0.227 e. The molecular formula is C17H20N2O4. The van der Waals surface area contributed by atoms with Crippen molar-refractivity contribution in [3.05, 3.63) is 48.3 Å². The molecule has 0 aliphatic carbocycles.